The van der Waals surface area contributed by atoms with Crippen LogP contribution in [0.15, 0.2) is 91.8 Å². The first kappa shape index (κ1) is 32.1. The maximum absolute atomic E-state index is 13.2. The Morgan fingerprint density at radius 2 is 1.26 bits per heavy atom. The van der Waals surface area contributed by atoms with Crippen molar-refractivity contribution in [2.45, 2.75) is 0 Å². The summed E-state index contributed by atoms with van der Waals surface area (Å²) >= 11 is 3.70. The summed E-state index contributed by atoms with van der Waals surface area (Å²) in [4.78, 5) is 11.7. The first-order chi connectivity index (χ1) is 17.8. The molecule has 0 radical (unpaired) electrons. The zero-order chi connectivity index (χ0) is 27.0. The standard InChI is InChI=1S/2C11H6F2N.C4H6N2.CHNS.Ir/c2*12-8-4-5-9(10(13)7-8)11-3-1-2-6-14-11;1-6-3-2-5-4-6;2-1-3;/h2*1-4,6-7H;2-4H,1H3;3H;/q2*-1;;;+3/p-1. The Balaban J connectivity index is 0.000000284. The minimum Gasteiger partial charge on any atom is -0.696 e. The summed E-state index contributed by atoms with van der Waals surface area (Å²) in [7, 11) is 1.94. The Kier molecular flexibility index (Phi) is 14.7. The number of hydrogen-bond acceptors (Lipinski definition) is 5. The summed E-state index contributed by atoms with van der Waals surface area (Å²) in [5, 5.41) is 8.47. The van der Waals surface area contributed by atoms with E-state index >= 15 is 0 Å². The second-order valence-electron chi connectivity index (χ2n) is 6.83. The molecule has 0 amide bonds. The smallest absolute Gasteiger partial charge is 0.696 e. The fourth-order valence-electron chi connectivity index (χ4n) is 2.63. The first-order valence-electron chi connectivity index (χ1n) is 10.3. The number of imidazole rings is 1. The minimum absolute atomic E-state index is 0. The maximum atomic E-state index is 13.2. The number of hydrogen-bond donors (Lipinski definition) is 0. The molecule has 0 bridgehead atoms. The largest absolute Gasteiger partial charge is 3.00 e. The van der Waals surface area contributed by atoms with Gasteiger partial charge in [0.15, 0.2) is 0 Å². The third kappa shape index (κ3) is 11.0. The van der Waals surface area contributed by atoms with Crippen LogP contribution in [0.3, 0.4) is 0 Å². The van der Waals surface area contributed by atoms with Crippen molar-refractivity contribution in [3.8, 4) is 27.9 Å². The molecule has 0 spiro atoms. The van der Waals surface area contributed by atoms with Gasteiger partial charge in [-0.05, 0) is 23.5 Å². The topological polar surface area (TPSA) is 67.4 Å². The van der Waals surface area contributed by atoms with Crippen molar-refractivity contribution < 1.29 is 37.7 Å². The van der Waals surface area contributed by atoms with Gasteiger partial charge in [-0.15, -0.1) is 24.3 Å². The molecule has 0 N–H and O–H groups in total. The zero-order valence-corrected chi connectivity index (χ0v) is 22.9. The van der Waals surface area contributed by atoms with Gasteiger partial charge in [0.05, 0.1) is 6.33 Å². The number of pyridine rings is 2. The average Bonchev–Trinajstić information content (AvgIpc) is 3.37. The predicted octanol–water partition coefficient (Wildman–Crippen LogP) is 6.09. The van der Waals surface area contributed by atoms with Gasteiger partial charge in [-0.2, -0.15) is 0 Å². The molecule has 5 aromatic rings. The molecule has 0 aliphatic heterocycles. The second-order valence-corrected chi connectivity index (χ2v) is 7.01. The Labute approximate surface area is 236 Å². The molecule has 194 valence electrons. The van der Waals surface area contributed by atoms with Crippen LogP contribution in [0.5, 0.6) is 0 Å². The molecular formula is C27H18F4IrN5S. The summed E-state index contributed by atoms with van der Waals surface area (Å²) in [5.74, 6) is -2.57. The van der Waals surface area contributed by atoms with Gasteiger partial charge < -0.3 is 27.2 Å². The molecule has 3 aromatic heterocycles. The van der Waals surface area contributed by atoms with E-state index in [1.807, 2.05) is 17.8 Å². The molecule has 38 heavy (non-hydrogen) atoms. The van der Waals surface area contributed by atoms with Gasteiger partial charge in [0, 0.05) is 55.1 Å². The van der Waals surface area contributed by atoms with E-state index in [0.29, 0.717) is 11.4 Å². The number of rotatable bonds is 2. The van der Waals surface area contributed by atoms with Crippen molar-refractivity contribution in [2.24, 2.45) is 7.05 Å². The molecule has 11 heteroatoms. The molecular weight excluding hydrogens is 695 g/mol. The van der Waals surface area contributed by atoms with E-state index in [9.17, 15) is 17.6 Å². The fourth-order valence-corrected chi connectivity index (χ4v) is 2.63. The number of nitrogens with zero attached hydrogens (tertiary/aromatic N) is 5. The molecule has 0 atom stereocenters. The Hall–Kier alpha value is -3.97. The molecule has 0 saturated heterocycles. The Morgan fingerprint density at radius 3 is 1.53 bits per heavy atom. The van der Waals surface area contributed by atoms with Gasteiger partial charge in [0.2, 0.25) is 0 Å². The second kappa shape index (κ2) is 17.5. The number of nitriles is 1. The van der Waals surface area contributed by atoms with Crippen LogP contribution < -0.4 is 0 Å². The quantitative estimate of drug-likeness (QED) is 0.0961. The summed E-state index contributed by atoms with van der Waals surface area (Å²) in [6.45, 7) is 0. The maximum Gasteiger partial charge on any atom is 3.00 e. The first-order valence-corrected chi connectivity index (χ1v) is 10.8. The van der Waals surface area contributed by atoms with Crippen molar-refractivity contribution in [3.05, 3.63) is 127 Å². The Morgan fingerprint density at radius 1 is 0.816 bits per heavy atom. The van der Waals surface area contributed by atoms with E-state index in [2.05, 4.69) is 39.7 Å². The van der Waals surface area contributed by atoms with Crippen molar-refractivity contribution in [1.29, 1.82) is 5.26 Å². The van der Waals surface area contributed by atoms with E-state index in [4.69, 9.17) is 5.26 Å². The summed E-state index contributed by atoms with van der Waals surface area (Å²) in [5.41, 5.74) is 1.27. The van der Waals surface area contributed by atoms with Crippen LogP contribution >= 0.6 is 0 Å². The third-order valence-electron chi connectivity index (χ3n) is 4.19. The van der Waals surface area contributed by atoms with Gasteiger partial charge in [-0.3, -0.25) is 17.6 Å². The minimum atomic E-state index is -0.649. The van der Waals surface area contributed by atoms with Crippen LogP contribution in [-0.4, -0.2) is 19.5 Å². The van der Waals surface area contributed by atoms with Gasteiger partial charge in [0.25, 0.3) is 0 Å². The van der Waals surface area contributed by atoms with Crippen molar-refractivity contribution >= 4 is 12.6 Å². The van der Waals surface area contributed by atoms with Crippen LogP contribution in [0.1, 0.15) is 0 Å². The SMILES string of the molecule is Cn1ccnc1.Fc1c[c-]c(-c2ccccn2)c(F)c1.Fc1c[c-]c(-c2ccccn2)c(F)c1.N#C[S-].[Ir+3]. The fraction of sp³-hybridized carbons (Fsp3) is 0.0370. The molecule has 0 aliphatic rings. The van der Waals surface area contributed by atoms with Crippen LogP contribution in [0.2, 0.25) is 0 Å². The zero-order valence-electron chi connectivity index (χ0n) is 19.6. The summed E-state index contributed by atoms with van der Waals surface area (Å²) in [6.07, 6.45) is 8.48. The van der Waals surface area contributed by atoms with Crippen LogP contribution in [-0.2, 0) is 39.8 Å². The molecule has 0 fully saturated rings. The number of thiocyanates is 1. The molecule has 2 aromatic carbocycles. The predicted molar refractivity (Wildman–Crippen MR) is 133 cm³/mol. The summed E-state index contributed by atoms with van der Waals surface area (Å²) in [6, 6.07) is 19.1. The normalized spacial score (nSPS) is 9.05. The molecule has 5 nitrogen and oxygen atoms in total. The molecule has 0 saturated carbocycles. The summed E-state index contributed by atoms with van der Waals surface area (Å²) < 4.78 is 53.5. The van der Waals surface area contributed by atoms with Crippen LogP contribution in [0.25, 0.3) is 22.5 Å². The number of aryl methyl sites for hydroxylation is 1. The van der Waals surface area contributed by atoms with E-state index < -0.39 is 23.3 Å². The van der Waals surface area contributed by atoms with Gasteiger partial charge in [-0.25, -0.2) is 10.2 Å². The van der Waals surface area contributed by atoms with Crippen LogP contribution in [0, 0.1) is 46.1 Å². The van der Waals surface area contributed by atoms with E-state index in [1.54, 1.807) is 61.3 Å². The van der Waals surface area contributed by atoms with Gasteiger partial charge in [0.1, 0.15) is 0 Å². The van der Waals surface area contributed by atoms with Crippen molar-refractivity contribution in [1.82, 2.24) is 19.5 Å². The monoisotopic (exact) mass is 713 g/mol. The van der Waals surface area contributed by atoms with Crippen LogP contribution in [0.4, 0.5) is 17.6 Å². The van der Waals surface area contributed by atoms with Crippen molar-refractivity contribution in [2.75, 3.05) is 0 Å². The van der Waals surface area contributed by atoms with E-state index in [0.717, 1.165) is 24.3 Å². The Bertz CT molecular complexity index is 1310. The van der Waals surface area contributed by atoms with E-state index in [-0.39, 0.29) is 31.2 Å². The number of aromatic nitrogens is 4. The molecule has 0 unspecified atom stereocenters. The third-order valence-corrected chi connectivity index (χ3v) is 4.19. The average molecular weight is 713 g/mol. The van der Waals surface area contributed by atoms with Gasteiger partial charge in [-0.1, -0.05) is 52.9 Å². The van der Waals surface area contributed by atoms with E-state index in [1.165, 1.54) is 5.40 Å². The number of halogens is 4. The number of benzene rings is 2. The van der Waals surface area contributed by atoms with Gasteiger partial charge >= 0.3 is 20.1 Å². The molecule has 5 rings (SSSR count). The van der Waals surface area contributed by atoms with Crippen molar-refractivity contribution in [3.63, 3.8) is 0 Å². The molecule has 0 aliphatic carbocycles. The molecule has 3 heterocycles.